The third-order valence-electron chi connectivity index (χ3n) is 2.18. The van der Waals surface area contributed by atoms with Crippen LogP contribution in [0.2, 0.25) is 0 Å². The van der Waals surface area contributed by atoms with Crippen LogP contribution in [0.1, 0.15) is 5.56 Å². The van der Waals surface area contributed by atoms with E-state index in [0.29, 0.717) is 5.88 Å². The zero-order valence-corrected chi connectivity index (χ0v) is 8.58. The summed E-state index contributed by atoms with van der Waals surface area (Å²) in [6, 6.07) is 7.74. The number of hydrogen-bond donors (Lipinski definition) is 0. The standard InChI is InChI=1S/C11H10ClNO/c1-14-10-5-4-8(7-12)11-9(10)3-2-6-13-11/h2-6H,7H2,1H3. The van der Waals surface area contributed by atoms with Crippen LogP contribution in [0.5, 0.6) is 5.75 Å². The number of methoxy groups -OCH3 is 1. The predicted molar refractivity (Wildman–Crippen MR) is 57.9 cm³/mol. The lowest BCUT2D eigenvalue weighted by Gasteiger charge is -2.07. The molecule has 0 spiro atoms. The zero-order chi connectivity index (χ0) is 9.97. The number of halogens is 1. The summed E-state index contributed by atoms with van der Waals surface area (Å²) in [5, 5.41) is 1.01. The third kappa shape index (κ3) is 1.42. The van der Waals surface area contributed by atoms with Gasteiger partial charge >= 0.3 is 0 Å². The molecule has 0 bridgehead atoms. The first-order valence-corrected chi connectivity index (χ1v) is 4.87. The minimum Gasteiger partial charge on any atom is -0.496 e. The van der Waals surface area contributed by atoms with E-state index in [9.17, 15) is 0 Å². The maximum atomic E-state index is 5.82. The van der Waals surface area contributed by atoms with Crippen molar-refractivity contribution in [2.24, 2.45) is 0 Å². The Bertz CT molecular complexity index is 413. The first-order chi connectivity index (χ1) is 6.86. The number of benzene rings is 1. The fraction of sp³-hybridized carbons (Fsp3) is 0.182. The maximum Gasteiger partial charge on any atom is 0.128 e. The Kier molecular flexibility index (Phi) is 2.55. The normalized spacial score (nSPS) is 10.4. The highest BCUT2D eigenvalue weighted by atomic mass is 35.5. The van der Waals surface area contributed by atoms with E-state index in [4.69, 9.17) is 16.3 Å². The van der Waals surface area contributed by atoms with E-state index < -0.39 is 0 Å². The Morgan fingerprint density at radius 2 is 2.21 bits per heavy atom. The van der Waals surface area contributed by atoms with Crippen LogP contribution in [0.3, 0.4) is 0 Å². The quantitative estimate of drug-likeness (QED) is 0.707. The van der Waals surface area contributed by atoms with Gasteiger partial charge in [0.2, 0.25) is 0 Å². The third-order valence-corrected chi connectivity index (χ3v) is 2.47. The van der Waals surface area contributed by atoms with Crippen molar-refractivity contribution in [1.29, 1.82) is 0 Å². The molecule has 72 valence electrons. The average molecular weight is 208 g/mol. The summed E-state index contributed by atoms with van der Waals surface area (Å²) in [6.45, 7) is 0. The number of nitrogens with zero attached hydrogens (tertiary/aromatic N) is 1. The van der Waals surface area contributed by atoms with Gasteiger partial charge in [0.1, 0.15) is 5.75 Å². The van der Waals surface area contributed by atoms with E-state index in [2.05, 4.69) is 4.98 Å². The van der Waals surface area contributed by atoms with Gasteiger partial charge in [0.05, 0.1) is 12.6 Å². The molecule has 1 heterocycles. The molecule has 0 amide bonds. The van der Waals surface area contributed by atoms with Gasteiger partial charge in [-0.15, -0.1) is 11.6 Å². The summed E-state index contributed by atoms with van der Waals surface area (Å²) in [6.07, 6.45) is 1.76. The lowest BCUT2D eigenvalue weighted by atomic mass is 10.1. The van der Waals surface area contributed by atoms with Crippen LogP contribution in [0.25, 0.3) is 10.9 Å². The van der Waals surface area contributed by atoms with Gasteiger partial charge in [-0.2, -0.15) is 0 Å². The number of ether oxygens (including phenoxy) is 1. The predicted octanol–water partition coefficient (Wildman–Crippen LogP) is 2.98. The van der Waals surface area contributed by atoms with Crippen LogP contribution in [-0.4, -0.2) is 12.1 Å². The number of hydrogen-bond acceptors (Lipinski definition) is 2. The summed E-state index contributed by atoms with van der Waals surface area (Å²) in [5.41, 5.74) is 1.95. The number of rotatable bonds is 2. The fourth-order valence-electron chi connectivity index (χ4n) is 1.49. The van der Waals surface area contributed by atoms with E-state index in [-0.39, 0.29) is 0 Å². The molecule has 0 fully saturated rings. The molecular weight excluding hydrogens is 198 g/mol. The first-order valence-electron chi connectivity index (χ1n) is 4.33. The van der Waals surface area contributed by atoms with E-state index >= 15 is 0 Å². The van der Waals surface area contributed by atoms with Gasteiger partial charge < -0.3 is 4.74 Å². The summed E-state index contributed by atoms with van der Waals surface area (Å²) in [4.78, 5) is 4.30. The summed E-state index contributed by atoms with van der Waals surface area (Å²) in [5.74, 6) is 1.30. The van der Waals surface area contributed by atoms with Crippen molar-refractivity contribution in [3.63, 3.8) is 0 Å². The Morgan fingerprint density at radius 1 is 1.36 bits per heavy atom. The molecule has 0 radical (unpaired) electrons. The molecule has 3 heteroatoms. The SMILES string of the molecule is COc1ccc(CCl)c2ncccc12. The monoisotopic (exact) mass is 207 g/mol. The van der Waals surface area contributed by atoms with Crippen molar-refractivity contribution in [3.05, 3.63) is 36.0 Å². The van der Waals surface area contributed by atoms with Crippen LogP contribution >= 0.6 is 11.6 Å². The van der Waals surface area contributed by atoms with Crippen molar-refractivity contribution in [2.75, 3.05) is 7.11 Å². The molecule has 2 aromatic rings. The van der Waals surface area contributed by atoms with Crippen LogP contribution in [-0.2, 0) is 5.88 Å². The molecule has 14 heavy (non-hydrogen) atoms. The number of pyridine rings is 1. The highest BCUT2D eigenvalue weighted by Crippen LogP contribution is 2.27. The first kappa shape index (κ1) is 9.28. The largest absolute Gasteiger partial charge is 0.496 e. The molecule has 0 unspecified atom stereocenters. The molecule has 0 saturated carbocycles. The molecule has 0 aliphatic carbocycles. The Balaban J connectivity index is 2.78. The number of fused-ring (bicyclic) bond motifs is 1. The van der Waals surface area contributed by atoms with E-state index in [1.807, 2.05) is 24.3 Å². The zero-order valence-electron chi connectivity index (χ0n) is 7.83. The summed E-state index contributed by atoms with van der Waals surface area (Å²) >= 11 is 5.82. The van der Waals surface area contributed by atoms with Crippen molar-refractivity contribution >= 4 is 22.5 Å². The van der Waals surface area contributed by atoms with E-state index in [0.717, 1.165) is 22.2 Å². The van der Waals surface area contributed by atoms with Gasteiger partial charge in [-0.25, -0.2) is 0 Å². The van der Waals surface area contributed by atoms with E-state index in [1.165, 1.54) is 0 Å². The molecule has 2 nitrogen and oxygen atoms in total. The number of alkyl halides is 1. The van der Waals surface area contributed by atoms with Crippen LogP contribution in [0.15, 0.2) is 30.5 Å². The highest BCUT2D eigenvalue weighted by Gasteiger charge is 2.05. The Hall–Kier alpha value is -1.28. The van der Waals surface area contributed by atoms with Gasteiger partial charge in [-0.1, -0.05) is 6.07 Å². The average Bonchev–Trinajstić information content (AvgIpc) is 2.27. The fourth-order valence-corrected chi connectivity index (χ4v) is 1.71. The van der Waals surface area contributed by atoms with Crippen LogP contribution in [0, 0.1) is 0 Å². The van der Waals surface area contributed by atoms with Gasteiger partial charge in [-0.05, 0) is 23.8 Å². The van der Waals surface area contributed by atoms with Crippen LogP contribution < -0.4 is 4.74 Å². The minimum atomic E-state index is 0.470. The van der Waals surface area contributed by atoms with Gasteiger partial charge in [0.25, 0.3) is 0 Å². The Morgan fingerprint density at radius 3 is 2.93 bits per heavy atom. The molecular formula is C11H10ClNO. The molecule has 1 aromatic carbocycles. The highest BCUT2D eigenvalue weighted by molar-refractivity contribution is 6.18. The Labute approximate surface area is 87.5 Å². The van der Waals surface area contributed by atoms with Crippen LogP contribution in [0.4, 0.5) is 0 Å². The lowest BCUT2D eigenvalue weighted by molar-refractivity contribution is 0.419. The molecule has 1 aromatic heterocycles. The van der Waals surface area contributed by atoms with Gasteiger partial charge in [0.15, 0.2) is 0 Å². The lowest BCUT2D eigenvalue weighted by Crippen LogP contribution is -1.90. The minimum absolute atomic E-state index is 0.470. The number of aromatic nitrogens is 1. The molecule has 0 aliphatic heterocycles. The molecule has 0 aliphatic rings. The van der Waals surface area contributed by atoms with Crippen molar-refractivity contribution in [2.45, 2.75) is 5.88 Å². The van der Waals surface area contributed by atoms with E-state index in [1.54, 1.807) is 13.3 Å². The van der Waals surface area contributed by atoms with Crippen molar-refractivity contribution in [1.82, 2.24) is 4.98 Å². The molecule has 0 saturated heterocycles. The van der Waals surface area contributed by atoms with Crippen molar-refractivity contribution < 1.29 is 4.74 Å². The summed E-state index contributed by atoms with van der Waals surface area (Å²) in [7, 11) is 1.65. The molecule has 2 rings (SSSR count). The van der Waals surface area contributed by atoms with Crippen molar-refractivity contribution in [3.8, 4) is 5.75 Å². The van der Waals surface area contributed by atoms with Gasteiger partial charge in [-0.3, -0.25) is 4.98 Å². The molecule has 0 atom stereocenters. The second-order valence-corrected chi connectivity index (χ2v) is 3.23. The maximum absolute atomic E-state index is 5.82. The van der Waals surface area contributed by atoms with Gasteiger partial charge in [0, 0.05) is 17.5 Å². The topological polar surface area (TPSA) is 22.1 Å². The smallest absolute Gasteiger partial charge is 0.128 e. The second-order valence-electron chi connectivity index (χ2n) is 2.96. The molecule has 0 N–H and O–H groups in total. The summed E-state index contributed by atoms with van der Waals surface area (Å²) < 4.78 is 5.24. The second kappa shape index (κ2) is 3.84.